The van der Waals surface area contributed by atoms with Gasteiger partial charge in [0.2, 0.25) is 5.88 Å². The second-order valence-electron chi connectivity index (χ2n) is 3.88. The molecular formula is C14H11ClN2O. The van der Waals surface area contributed by atoms with Crippen LogP contribution in [-0.2, 0) is 0 Å². The van der Waals surface area contributed by atoms with Crippen LogP contribution in [0.3, 0.4) is 0 Å². The van der Waals surface area contributed by atoms with Gasteiger partial charge >= 0.3 is 0 Å². The second kappa shape index (κ2) is 5.07. The summed E-state index contributed by atoms with van der Waals surface area (Å²) in [6.45, 7) is 3.66. The lowest BCUT2D eigenvalue weighted by Crippen LogP contribution is -1.80. The SMILES string of the molecule is Cc1oc(/N=C/c2ccc(Cl)cc2)c(C#N)c1C. The molecule has 2 aromatic rings. The third-order valence-electron chi connectivity index (χ3n) is 2.68. The van der Waals surface area contributed by atoms with Crippen molar-refractivity contribution in [1.29, 1.82) is 5.26 Å². The minimum atomic E-state index is 0.349. The summed E-state index contributed by atoms with van der Waals surface area (Å²) in [4.78, 5) is 4.20. The van der Waals surface area contributed by atoms with E-state index < -0.39 is 0 Å². The molecule has 0 saturated carbocycles. The molecule has 0 bridgehead atoms. The number of benzene rings is 1. The molecule has 0 N–H and O–H groups in total. The molecule has 0 spiro atoms. The maximum atomic E-state index is 9.04. The quantitative estimate of drug-likeness (QED) is 0.759. The Hall–Kier alpha value is -2.05. The molecule has 0 atom stereocenters. The normalized spacial score (nSPS) is 10.8. The molecule has 0 saturated heterocycles. The zero-order chi connectivity index (χ0) is 13.1. The van der Waals surface area contributed by atoms with E-state index in [-0.39, 0.29) is 0 Å². The Kier molecular flexibility index (Phi) is 3.50. The maximum Gasteiger partial charge on any atom is 0.237 e. The van der Waals surface area contributed by atoms with Crippen molar-refractivity contribution in [3.63, 3.8) is 0 Å². The Balaban J connectivity index is 2.32. The van der Waals surface area contributed by atoms with E-state index in [4.69, 9.17) is 21.3 Å². The number of furan rings is 1. The van der Waals surface area contributed by atoms with Gasteiger partial charge in [-0.3, -0.25) is 0 Å². The molecule has 2 rings (SSSR count). The molecule has 4 heteroatoms. The van der Waals surface area contributed by atoms with Gasteiger partial charge in [0.25, 0.3) is 0 Å². The van der Waals surface area contributed by atoms with Crippen molar-refractivity contribution in [2.45, 2.75) is 13.8 Å². The number of rotatable bonds is 2. The minimum Gasteiger partial charge on any atom is -0.442 e. The molecule has 0 aliphatic rings. The number of hydrogen-bond acceptors (Lipinski definition) is 3. The van der Waals surface area contributed by atoms with E-state index in [1.807, 2.05) is 26.0 Å². The lowest BCUT2D eigenvalue weighted by Gasteiger charge is -1.92. The summed E-state index contributed by atoms with van der Waals surface area (Å²) in [5, 5.41) is 9.72. The summed E-state index contributed by atoms with van der Waals surface area (Å²) in [6.07, 6.45) is 1.65. The molecule has 0 fully saturated rings. The van der Waals surface area contributed by atoms with Crippen LogP contribution >= 0.6 is 11.6 Å². The molecule has 3 nitrogen and oxygen atoms in total. The predicted octanol–water partition coefficient (Wildman–Crippen LogP) is 4.17. The van der Waals surface area contributed by atoms with E-state index in [0.717, 1.165) is 16.9 Å². The van der Waals surface area contributed by atoms with Gasteiger partial charge in [-0.1, -0.05) is 23.7 Å². The molecule has 1 heterocycles. The molecular weight excluding hydrogens is 248 g/mol. The van der Waals surface area contributed by atoms with Crippen molar-refractivity contribution in [2.75, 3.05) is 0 Å². The maximum absolute atomic E-state index is 9.04. The zero-order valence-corrected chi connectivity index (χ0v) is 10.8. The second-order valence-corrected chi connectivity index (χ2v) is 4.32. The highest BCUT2D eigenvalue weighted by Gasteiger charge is 2.12. The lowest BCUT2D eigenvalue weighted by atomic mass is 10.2. The van der Waals surface area contributed by atoms with Gasteiger partial charge in [-0.15, -0.1) is 0 Å². The molecule has 0 aliphatic heterocycles. The summed E-state index contributed by atoms with van der Waals surface area (Å²) >= 11 is 5.79. The third-order valence-corrected chi connectivity index (χ3v) is 2.93. The van der Waals surface area contributed by atoms with Gasteiger partial charge in [0.05, 0.1) is 0 Å². The zero-order valence-electron chi connectivity index (χ0n) is 10.1. The Bertz CT molecular complexity index is 633. The van der Waals surface area contributed by atoms with Crippen LogP contribution in [0.1, 0.15) is 22.5 Å². The van der Waals surface area contributed by atoms with Crippen molar-refractivity contribution in [3.05, 3.63) is 51.7 Å². The molecule has 0 radical (unpaired) electrons. The molecule has 18 heavy (non-hydrogen) atoms. The fraction of sp³-hybridized carbons (Fsp3) is 0.143. The summed E-state index contributed by atoms with van der Waals surface area (Å²) in [5.74, 6) is 1.07. The first kappa shape index (κ1) is 12.4. The van der Waals surface area contributed by atoms with E-state index >= 15 is 0 Å². The Labute approximate surface area is 110 Å². The first-order valence-electron chi connectivity index (χ1n) is 5.41. The van der Waals surface area contributed by atoms with Gasteiger partial charge in [0.1, 0.15) is 17.4 Å². The fourth-order valence-corrected chi connectivity index (χ4v) is 1.64. The van der Waals surface area contributed by atoms with Crippen LogP contribution in [0.5, 0.6) is 0 Å². The van der Waals surface area contributed by atoms with Crippen LogP contribution in [0.2, 0.25) is 5.02 Å². The Morgan fingerprint density at radius 1 is 1.28 bits per heavy atom. The van der Waals surface area contributed by atoms with E-state index in [2.05, 4.69) is 11.1 Å². The van der Waals surface area contributed by atoms with E-state index in [9.17, 15) is 0 Å². The first-order valence-corrected chi connectivity index (χ1v) is 5.79. The number of hydrogen-bond donors (Lipinski definition) is 0. The van der Waals surface area contributed by atoms with E-state index in [1.54, 1.807) is 18.3 Å². The van der Waals surface area contributed by atoms with Gasteiger partial charge in [-0.25, -0.2) is 4.99 Å². The molecule has 0 amide bonds. The number of halogens is 1. The third kappa shape index (κ3) is 2.44. The van der Waals surface area contributed by atoms with Crippen molar-refractivity contribution >= 4 is 23.7 Å². The van der Waals surface area contributed by atoms with Crippen molar-refractivity contribution in [1.82, 2.24) is 0 Å². The Morgan fingerprint density at radius 3 is 2.56 bits per heavy atom. The van der Waals surface area contributed by atoms with Crippen LogP contribution in [0.4, 0.5) is 5.88 Å². The summed E-state index contributed by atoms with van der Waals surface area (Å²) in [5.41, 5.74) is 2.22. The molecule has 1 aromatic carbocycles. The number of nitriles is 1. The lowest BCUT2D eigenvalue weighted by molar-refractivity contribution is 0.542. The van der Waals surface area contributed by atoms with E-state index in [0.29, 0.717) is 16.5 Å². The largest absolute Gasteiger partial charge is 0.442 e. The van der Waals surface area contributed by atoms with Gasteiger partial charge in [0, 0.05) is 16.8 Å². The minimum absolute atomic E-state index is 0.349. The number of aryl methyl sites for hydroxylation is 1. The number of aliphatic imine (C=N–C) groups is 1. The smallest absolute Gasteiger partial charge is 0.237 e. The van der Waals surface area contributed by atoms with Crippen LogP contribution in [-0.4, -0.2) is 6.21 Å². The van der Waals surface area contributed by atoms with Crippen molar-refractivity contribution in [3.8, 4) is 6.07 Å². The van der Waals surface area contributed by atoms with Gasteiger partial charge < -0.3 is 4.42 Å². The average Bonchev–Trinajstić information content (AvgIpc) is 2.64. The van der Waals surface area contributed by atoms with Crippen molar-refractivity contribution < 1.29 is 4.42 Å². The van der Waals surface area contributed by atoms with Crippen LogP contribution in [0.25, 0.3) is 0 Å². The van der Waals surface area contributed by atoms with E-state index in [1.165, 1.54) is 0 Å². The standard InChI is InChI=1S/C14H11ClN2O/c1-9-10(2)18-14(13(9)7-16)17-8-11-3-5-12(15)6-4-11/h3-6,8H,1-2H3/b17-8+. The average molecular weight is 259 g/mol. The summed E-state index contributed by atoms with van der Waals surface area (Å²) in [6, 6.07) is 9.37. The van der Waals surface area contributed by atoms with Crippen molar-refractivity contribution in [2.24, 2.45) is 4.99 Å². The fourth-order valence-electron chi connectivity index (χ4n) is 1.51. The van der Waals surface area contributed by atoms with Crippen LogP contribution < -0.4 is 0 Å². The molecule has 0 aliphatic carbocycles. The predicted molar refractivity (Wildman–Crippen MR) is 71.6 cm³/mol. The van der Waals surface area contributed by atoms with Crippen LogP contribution in [0.15, 0.2) is 33.7 Å². The summed E-state index contributed by atoms with van der Waals surface area (Å²) in [7, 11) is 0. The molecule has 1 aromatic heterocycles. The topological polar surface area (TPSA) is 49.3 Å². The Morgan fingerprint density at radius 2 is 1.94 bits per heavy atom. The van der Waals surface area contributed by atoms with Gasteiger partial charge in [0.15, 0.2) is 0 Å². The highest BCUT2D eigenvalue weighted by atomic mass is 35.5. The summed E-state index contributed by atoms with van der Waals surface area (Å²) < 4.78 is 5.44. The molecule has 0 unspecified atom stereocenters. The monoisotopic (exact) mass is 258 g/mol. The number of nitrogens with zero attached hydrogens (tertiary/aromatic N) is 2. The highest BCUT2D eigenvalue weighted by Crippen LogP contribution is 2.27. The molecule has 90 valence electrons. The highest BCUT2D eigenvalue weighted by molar-refractivity contribution is 6.30. The first-order chi connectivity index (χ1) is 8.61. The van der Waals surface area contributed by atoms with Gasteiger partial charge in [-0.2, -0.15) is 5.26 Å². The van der Waals surface area contributed by atoms with Gasteiger partial charge in [-0.05, 0) is 31.5 Å². The van der Waals surface area contributed by atoms with Crippen LogP contribution in [0, 0.1) is 25.2 Å².